The summed E-state index contributed by atoms with van der Waals surface area (Å²) in [4.78, 5) is 0. The van der Waals surface area contributed by atoms with E-state index in [9.17, 15) is 0 Å². The van der Waals surface area contributed by atoms with E-state index in [1.807, 2.05) is 0 Å². The molecule has 104 N–H and O–H groups in total. The molecule has 0 saturated heterocycles. The Balaban J connectivity index is 0. The Labute approximate surface area is 765 Å². The standard InChI is InChI=1S/10Na.52H2O.Si.9W/h;;;;;;;;;;52*1H2;;;;;;;;;;. The minimum absolute atomic E-state index is 0. The Bertz CT molecular complexity index is 86.1. The van der Waals surface area contributed by atoms with Crippen molar-refractivity contribution in [3.05, 3.63) is 0 Å². The summed E-state index contributed by atoms with van der Waals surface area (Å²) in [7, 11) is 0. The monoisotopic (exact) mass is 2850 g/mol. The van der Waals surface area contributed by atoms with Gasteiger partial charge in [0.2, 0.25) is 0 Å². The van der Waals surface area contributed by atoms with Gasteiger partial charge in [-0.2, -0.15) is 0 Å². The summed E-state index contributed by atoms with van der Waals surface area (Å²) in [5, 5.41) is 0. The summed E-state index contributed by atoms with van der Waals surface area (Å²) in [6, 6.07) is 0. The summed E-state index contributed by atoms with van der Waals surface area (Å²) in [5.41, 5.74) is 0. The smallest absolute Gasteiger partial charge is 0 e. The van der Waals surface area contributed by atoms with Crippen molar-refractivity contribution in [1.29, 1.82) is 0 Å². The number of hydrogen-bond donors (Lipinski definition) is 0. The van der Waals surface area contributed by atoms with Crippen LogP contribution in [0.4, 0.5) is 0 Å². The van der Waals surface area contributed by atoms with E-state index in [0.29, 0.717) is 0 Å². The van der Waals surface area contributed by atoms with Crippen molar-refractivity contribution in [3.8, 4) is 0 Å². The normalized spacial score (nSPS) is 0. The quantitative estimate of drug-likeness (QED) is 0.204. The molecule has 0 aromatic carbocycles. The minimum Gasteiger partial charge on any atom is -0.412 e. The van der Waals surface area contributed by atoms with Gasteiger partial charge in [0.1, 0.15) is 0 Å². The van der Waals surface area contributed by atoms with Crippen LogP contribution in [0.3, 0.4) is 0 Å². The summed E-state index contributed by atoms with van der Waals surface area (Å²) < 4.78 is 0. The van der Waals surface area contributed by atoms with Gasteiger partial charge in [0.05, 0.1) is 0 Å². The van der Waals surface area contributed by atoms with Crippen LogP contribution in [0.5, 0.6) is 0 Å². The van der Waals surface area contributed by atoms with Gasteiger partial charge in [-0.05, 0) is 0 Å². The first kappa shape index (κ1) is 3060. The largest absolute Gasteiger partial charge is 0.412 e. The zero-order chi connectivity index (χ0) is 0. The van der Waals surface area contributed by atoms with Gasteiger partial charge < -0.3 is 285 Å². The predicted molar refractivity (Wildman–Crippen MR) is 251 cm³/mol. The molecule has 0 aliphatic heterocycles. The SMILES string of the molecule is O.O.O.O.O.O.O.O.O.O.O.O.O.O.O.O.O.O.O.O.O.O.O.O.O.O.O.O.O.O.O.O.O.O.O.O.O.O.O.O.O.O.O.O.O.O.O.O.O.O.O.O.[Na].[Na].[Na].[Na].[Na].[Na].[Na].[Na].[Na].[Na].[Si].[W].[W].[W].[W].[W].[W].[W].[W].[W]. The van der Waals surface area contributed by atoms with Crippen LogP contribution in [0.2, 0.25) is 0 Å². The van der Waals surface area contributed by atoms with E-state index in [2.05, 4.69) is 0 Å². The Morgan fingerprint density at radius 1 is 0.0556 bits per heavy atom. The van der Waals surface area contributed by atoms with Crippen molar-refractivity contribution in [2.45, 2.75) is 0 Å². The van der Waals surface area contributed by atoms with E-state index in [-0.39, 0.29) is 781 Å². The molecule has 0 unspecified atom stereocenters. The summed E-state index contributed by atoms with van der Waals surface area (Å²) >= 11 is 0. The molecule has 0 aliphatic rings. The maximum atomic E-state index is 0. The van der Waals surface area contributed by atoms with E-state index in [1.54, 1.807) is 0 Å². The van der Waals surface area contributed by atoms with Crippen LogP contribution in [0.1, 0.15) is 0 Å². The third kappa shape index (κ3) is 2850. The van der Waals surface area contributed by atoms with Crippen molar-refractivity contribution in [2.75, 3.05) is 0 Å². The molecule has 72 heavy (non-hydrogen) atoms. The molecule has 0 saturated carbocycles. The van der Waals surface area contributed by atoms with Gasteiger partial charge in [0, 0.05) is 496 Å². The van der Waals surface area contributed by atoms with Gasteiger partial charge in [0.15, 0.2) is 0 Å². The van der Waals surface area contributed by atoms with Crippen LogP contribution >= 0.6 is 0 Å². The van der Waals surface area contributed by atoms with E-state index >= 15 is 0 Å². The Morgan fingerprint density at radius 2 is 0.0556 bits per heavy atom. The van der Waals surface area contributed by atoms with Gasteiger partial charge in [-0.15, -0.1) is 0 Å². The fourth-order valence-corrected chi connectivity index (χ4v) is 0. The van der Waals surface area contributed by atoms with Gasteiger partial charge in [-0.1, -0.05) is 0 Å². The predicted octanol–water partition coefficient (Wildman–Crippen LogP) is -47.1. The Hall–Kier alpha value is 14.3. The first-order chi connectivity index (χ1) is 0. The fraction of sp³-hybridized carbons (Fsp3) is 0. The van der Waals surface area contributed by atoms with E-state index in [1.165, 1.54) is 0 Å². The fourth-order valence-electron chi connectivity index (χ4n) is 0. The molecule has 14 radical (unpaired) electrons. The van der Waals surface area contributed by atoms with Crippen molar-refractivity contribution in [2.24, 2.45) is 0 Å². The molecule has 0 aliphatic carbocycles. The molecule has 0 spiro atoms. The van der Waals surface area contributed by atoms with Gasteiger partial charge in [0.25, 0.3) is 0 Å². The second kappa shape index (κ2) is 2950. The van der Waals surface area contributed by atoms with Crippen LogP contribution in [0.25, 0.3) is 0 Å². The van der Waals surface area contributed by atoms with E-state index < -0.39 is 0 Å². The molecule has 0 aromatic heterocycles. The van der Waals surface area contributed by atoms with Crippen molar-refractivity contribution in [3.63, 3.8) is 0 Å². The molecule has 52 nitrogen and oxygen atoms in total. The summed E-state index contributed by atoms with van der Waals surface area (Å²) in [6.45, 7) is 0. The number of rotatable bonds is 0. The van der Waals surface area contributed by atoms with Crippen LogP contribution in [0, 0.1) is 0 Å². The first-order valence-electron chi connectivity index (χ1n) is 0. The molecule has 0 atom stereocenters. The zero-order valence-corrected chi connectivity index (χ0v) is 87.6. The molecular formula is H104Na10O52SiW9. The van der Waals surface area contributed by atoms with Crippen LogP contribution in [-0.4, -0.2) is 591 Å². The van der Waals surface area contributed by atoms with Crippen LogP contribution in [-0.2, 0) is 190 Å². The van der Waals surface area contributed by atoms with Crippen molar-refractivity contribution >= 4 is 307 Å². The van der Waals surface area contributed by atoms with Gasteiger partial charge in [-0.25, -0.2) is 0 Å². The van der Waals surface area contributed by atoms with Crippen molar-refractivity contribution < 1.29 is 474 Å². The van der Waals surface area contributed by atoms with Crippen LogP contribution < -0.4 is 0 Å². The molecule has 0 fully saturated rings. The van der Waals surface area contributed by atoms with Crippen molar-refractivity contribution in [1.82, 2.24) is 0 Å². The molecule has 484 valence electrons. The maximum absolute atomic E-state index is 0. The second-order valence-corrected chi connectivity index (χ2v) is 0. The topological polar surface area (TPSA) is 1640 Å². The minimum atomic E-state index is 0. The Kier molecular flexibility index (Phi) is 126000. The molecule has 0 heterocycles. The number of hydrogen-bond acceptors (Lipinski definition) is 0. The molecule has 0 rings (SSSR count). The van der Waals surface area contributed by atoms with Gasteiger partial charge >= 0.3 is 0 Å². The molecule has 0 aromatic rings. The third-order valence-electron chi connectivity index (χ3n) is 0. The van der Waals surface area contributed by atoms with Gasteiger partial charge in [-0.3, -0.25) is 0 Å². The average molecular weight is 2850 g/mol. The Morgan fingerprint density at radius 3 is 0.0556 bits per heavy atom. The zero-order valence-electron chi connectivity index (χ0n) is 40.2. The van der Waals surface area contributed by atoms with Crippen LogP contribution in [0.15, 0.2) is 0 Å². The third-order valence-corrected chi connectivity index (χ3v) is 0. The maximum Gasteiger partial charge on any atom is 0 e. The van der Waals surface area contributed by atoms with E-state index in [0.717, 1.165) is 0 Å². The summed E-state index contributed by atoms with van der Waals surface area (Å²) in [5.74, 6) is 0. The van der Waals surface area contributed by atoms with E-state index in [4.69, 9.17) is 0 Å². The first-order valence-corrected chi connectivity index (χ1v) is 0. The molecular weight excluding hydrogens is 2740 g/mol. The molecule has 0 bridgehead atoms. The average Bonchev–Trinajstić information content (AvgIpc) is 0. The summed E-state index contributed by atoms with van der Waals surface area (Å²) in [6.07, 6.45) is 0. The molecule has 0 amide bonds. The molecule has 72 heteroatoms. The second-order valence-electron chi connectivity index (χ2n) is 0.